The van der Waals surface area contributed by atoms with Crippen LogP contribution in [0.2, 0.25) is 0 Å². The zero-order chi connectivity index (χ0) is 15.1. The molecular formula is C12H10F3N3O2. The normalized spacial score (nSPS) is 11.7. The molecule has 0 aliphatic rings. The summed E-state index contributed by atoms with van der Waals surface area (Å²) in [5, 5.41) is 12.7. The van der Waals surface area contributed by atoms with Crippen LogP contribution in [0.4, 0.5) is 13.2 Å². The maximum Gasteiger partial charge on any atom is 0.418 e. The number of hydrogen-bond acceptors (Lipinski definition) is 3. The molecule has 0 spiro atoms. The van der Waals surface area contributed by atoms with E-state index in [0.717, 1.165) is 16.8 Å². The van der Waals surface area contributed by atoms with Crippen molar-refractivity contribution in [1.29, 1.82) is 0 Å². The quantitative estimate of drug-likeness (QED) is 0.921. The maximum atomic E-state index is 13.1. The molecule has 0 unspecified atom stereocenters. The van der Waals surface area contributed by atoms with E-state index >= 15 is 0 Å². The van der Waals surface area contributed by atoms with Gasteiger partial charge in [0, 0.05) is 0 Å². The Labute approximate surface area is 111 Å². The van der Waals surface area contributed by atoms with Crippen molar-refractivity contribution in [3.8, 4) is 5.69 Å². The lowest BCUT2D eigenvalue weighted by atomic mass is 10.1. The van der Waals surface area contributed by atoms with Gasteiger partial charge >= 0.3 is 12.1 Å². The number of hydrogen-bond donors (Lipinski definition) is 1. The second-order valence-electron chi connectivity index (χ2n) is 4.15. The van der Waals surface area contributed by atoms with Gasteiger partial charge in [-0.25, -0.2) is 14.5 Å². The molecule has 2 aromatic rings. The summed E-state index contributed by atoms with van der Waals surface area (Å²) in [5.41, 5.74) is -1.75. The highest BCUT2D eigenvalue weighted by atomic mass is 19.4. The van der Waals surface area contributed by atoms with E-state index in [9.17, 15) is 18.0 Å². The van der Waals surface area contributed by atoms with E-state index in [-0.39, 0.29) is 11.5 Å². The highest BCUT2D eigenvalue weighted by molar-refractivity contribution is 5.88. The molecule has 1 N–H and O–H groups in total. The summed E-state index contributed by atoms with van der Waals surface area (Å²) in [6.45, 7) is 3.08. The van der Waals surface area contributed by atoms with Crippen LogP contribution >= 0.6 is 0 Å². The average Bonchev–Trinajstić information content (AvgIpc) is 2.66. The zero-order valence-electron chi connectivity index (χ0n) is 10.6. The molecule has 5 nitrogen and oxygen atoms in total. The fraction of sp³-hybridized carbons (Fsp3) is 0.250. The summed E-state index contributed by atoms with van der Waals surface area (Å²) in [5.74, 6) is -0.803. The van der Waals surface area contributed by atoms with Gasteiger partial charge in [0.2, 0.25) is 0 Å². The Kier molecular flexibility index (Phi) is 3.24. The summed E-state index contributed by atoms with van der Waals surface area (Å²) in [6.07, 6.45) is -4.69. The predicted octanol–water partition coefficient (Wildman–Crippen LogP) is 2.60. The van der Waals surface area contributed by atoms with Crippen LogP contribution < -0.4 is 0 Å². The lowest BCUT2D eigenvalue weighted by Gasteiger charge is -2.14. The summed E-state index contributed by atoms with van der Waals surface area (Å²) in [4.78, 5) is 14.7. The average molecular weight is 285 g/mol. The van der Waals surface area contributed by atoms with Crippen LogP contribution in [0.5, 0.6) is 0 Å². The second-order valence-corrected chi connectivity index (χ2v) is 4.15. The molecule has 1 aromatic heterocycles. The van der Waals surface area contributed by atoms with Gasteiger partial charge in [-0.15, -0.1) is 0 Å². The van der Waals surface area contributed by atoms with Crippen molar-refractivity contribution in [3.63, 3.8) is 0 Å². The molecule has 20 heavy (non-hydrogen) atoms. The fourth-order valence-corrected chi connectivity index (χ4v) is 1.83. The van der Waals surface area contributed by atoms with Gasteiger partial charge in [0.15, 0.2) is 0 Å². The molecule has 0 aliphatic carbocycles. The molecule has 0 saturated carbocycles. The predicted molar refractivity (Wildman–Crippen MR) is 62.8 cm³/mol. The summed E-state index contributed by atoms with van der Waals surface area (Å²) in [6, 6.07) is 2.77. The van der Waals surface area contributed by atoms with Crippen LogP contribution in [0.1, 0.15) is 27.6 Å². The van der Waals surface area contributed by atoms with Crippen LogP contribution in [0.15, 0.2) is 18.2 Å². The van der Waals surface area contributed by atoms with E-state index in [0.29, 0.717) is 11.9 Å². The van der Waals surface area contributed by atoms with E-state index in [1.54, 1.807) is 6.92 Å². The van der Waals surface area contributed by atoms with Crippen LogP contribution in [-0.4, -0.2) is 25.8 Å². The highest BCUT2D eigenvalue weighted by Gasteiger charge is 2.35. The number of aromatic nitrogens is 3. The van der Waals surface area contributed by atoms with E-state index < -0.39 is 23.3 Å². The molecule has 8 heteroatoms. The summed E-state index contributed by atoms with van der Waals surface area (Å²) < 4.78 is 40.2. The van der Waals surface area contributed by atoms with Crippen molar-refractivity contribution in [2.75, 3.05) is 0 Å². The number of carbonyl (C=O) groups is 1. The molecule has 0 bridgehead atoms. The number of alkyl halides is 3. The molecular weight excluding hydrogens is 275 g/mol. The largest absolute Gasteiger partial charge is 0.478 e. The Balaban J connectivity index is 2.70. The smallest absolute Gasteiger partial charge is 0.418 e. The lowest BCUT2D eigenvalue weighted by molar-refractivity contribution is -0.137. The zero-order valence-corrected chi connectivity index (χ0v) is 10.6. The third-order valence-corrected chi connectivity index (χ3v) is 2.65. The molecule has 1 aromatic carbocycles. The van der Waals surface area contributed by atoms with E-state index in [4.69, 9.17) is 5.11 Å². The van der Waals surface area contributed by atoms with Gasteiger partial charge < -0.3 is 5.11 Å². The van der Waals surface area contributed by atoms with Gasteiger partial charge in [-0.3, -0.25) is 0 Å². The van der Waals surface area contributed by atoms with Crippen molar-refractivity contribution in [1.82, 2.24) is 14.8 Å². The number of halogens is 3. The van der Waals surface area contributed by atoms with E-state index in [1.807, 2.05) is 0 Å². The minimum absolute atomic E-state index is 0.249. The molecule has 0 atom stereocenters. The fourth-order valence-electron chi connectivity index (χ4n) is 1.83. The SMILES string of the molecule is Cc1nc(C)n(-c2ccc(C(=O)O)cc2C(F)(F)F)n1. The molecule has 2 rings (SSSR count). The van der Waals surface area contributed by atoms with Crippen molar-refractivity contribution < 1.29 is 23.1 Å². The standard InChI is InChI=1S/C12H10F3N3O2/c1-6-16-7(2)18(17-6)10-4-3-8(11(19)20)5-9(10)12(13,14)15/h3-5H,1-2H3,(H,19,20). The maximum absolute atomic E-state index is 13.1. The van der Waals surface area contributed by atoms with Crippen molar-refractivity contribution in [2.24, 2.45) is 0 Å². The van der Waals surface area contributed by atoms with Crippen molar-refractivity contribution in [2.45, 2.75) is 20.0 Å². The first-order valence-corrected chi connectivity index (χ1v) is 5.55. The van der Waals surface area contributed by atoms with Crippen molar-refractivity contribution in [3.05, 3.63) is 41.0 Å². The van der Waals surface area contributed by atoms with Crippen LogP contribution in [0.3, 0.4) is 0 Å². The van der Waals surface area contributed by atoms with Gasteiger partial charge in [0.1, 0.15) is 11.6 Å². The Hall–Kier alpha value is -2.38. The minimum atomic E-state index is -4.69. The van der Waals surface area contributed by atoms with E-state index in [1.165, 1.54) is 6.92 Å². The lowest BCUT2D eigenvalue weighted by Crippen LogP contribution is -2.14. The first kappa shape index (κ1) is 14.0. The Morgan fingerprint density at radius 1 is 1.30 bits per heavy atom. The number of benzene rings is 1. The minimum Gasteiger partial charge on any atom is -0.478 e. The van der Waals surface area contributed by atoms with Gasteiger partial charge in [0.05, 0.1) is 16.8 Å². The first-order valence-electron chi connectivity index (χ1n) is 5.55. The van der Waals surface area contributed by atoms with Crippen LogP contribution in [0, 0.1) is 13.8 Å². The van der Waals surface area contributed by atoms with Crippen LogP contribution in [0.25, 0.3) is 5.69 Å². The Morgan fingerprint density at radius 3 is 2.40 bits per heavy atom. The van der Waals surface area contributed by atoms with E-state index in [2.05, 4.69) is 10.1 Å². The van der Waals surface area contributed by atoms with Crippen molar-refractivity contribution >= 4 is 5.97 Å². The molecule has 0 saturated heterocycles. The molecule has 0 fully saturated rings. The number of carboxylic acid groups (broad SMARTS) is 1. The van der Waals surface area contributed by atoms with Gasteiger partial charge in [0.25, 0.3) is 0 Å². The third-order valence-electron chi connectivity index (χ3n) is 2.65. The Bertz CT molecular complexity index is 677. The molecule has 106 valence electrons. The summed E-state index contributed by atoms with van der Waals surface area (Å²) >= 11 is 0. The number of aryl methyl sites for hydroxylation is 2. The van der Waals surface area contributed by atoms with Gasteiger partial charge in [-0.05, 0) is 32.0 Å². The highest BCUT2D eigenvalue weighted by Crippen LogP contribution is 2.34. The number of nitrogens with zero attached hydrogens (tertiary/aromatic N) is 3. The molecule has 0 radical (unpaired) electrons. The Morgan fingerprint density at radius 2 is 1.95 bits per heavy atom. The molecule has 1 heterocycles. The first-order chi connectivity index (χ1) is 9.20. The topological polar surface area (TPSA) is 68.0 Å². The number of rotatable bonds is 2. The van der Waals surface area contributed by atoms with Crippen LogP contribution in [-0.2, 0) is 6.18 Å². The number of carboxylic acids is 1. The van der Waals surface area contributed by atoms with Gasteiger partial charge in [-0.2, -0.15) is 18.3 Å². The number of aromatic carboxylic acids is 1. The molecule has 0 amide bonds. The summed E-state index contributed by atoms with van der Waals surface area (Å²) in [7, 11) is 0. The third kappa shape index (κ3) is 2.49. The molecule has 0 aliphatic heterocycles. The monoisotopic (exact) mass is 285 g/mol. The van der Waals surface area contributed by atoms with Gasteiger partial charge in [-0.1, -0.05) is 0 Å². The second kappa shape index (κ2) is 4.62.